The molecule has 148 valence electrons. The molecule has 3 rings (SSSR count). The van der Waals surface area contributed by atoms with Crippen LogP contribution in [0.1, 0.15) is 44.2 Å². The highest BCUT2D eigenvalue weighted by molar-refractivity contribution is 5.80. The number of benzene rings is 1. The van der Waals surface area contributed by atoms with Crippen LogP contribution in [0.2, 0.25) is 0 Å². The lowest BCUT2D eigenvalue weighted by molar-refractivity contribution is -0.151. The van der Waals surface area contributed by atoms with E-state index in [1.54, 1.807) is 7.11 Å². The Labute approximate surface area is 161 Å². The zero-order valence-electron chi connectivity index (χ0n) is 16.4. The Morgan fingerprint density at radius 3 is 2.56 bits per heavy atom. The third-order valence-corrected chi connectivity index (χ3v) is 5.60. The molecule has 0 bridgehead atoms. The van der Waals surface area contributed by atoms with E-state index in [0.717, 1.165) is 44.5 Å². The summed E-state index contributed by atoms with van der Waals surface area (Å²) in [5.74, 6) is 0.605. The Bertz CT molecular complexity index is 646. The molecule has 0 radical (unpaired) electrons. The van der Waals surface area contributed by atoms with Gasteiger partial charge in [-0.15, -0.1) is 0 Å². The van der Waals surface area contributed by atoms with Crippen molar-refractivity contribution in [3.05, 3.63) is 29.8 Å². The van der Waals surface area contributed by atoms with Gasteiger partial charge in [0.1, 0.15) is 5.75 Å². The number of nitrogens with zero attached hydrogens (tertiary/aromatic N) is 2. The molecular weight excluding hydrogens is 344 g/mol. The first-order valence-electron chi connectivity index (χ1n) is 9.94. The lowest BCUT2D eigenvalue weighted by atomic mass is 9.98. The van der Waals surface area contributed by atoms with Crippen molar-refractivity contribution in [2.75, 3.05) is 39.9 Å². The topological polar surface area (TPSA) is 59.1 Å². The molecule has 2 aliphatic rings. The molecule has 0 saturated carbocycles. The number of carbonyl (C=O) groups is 2. The van der Waals surface area contributed by atoms with Crippen molar-refractivity contribution in [1.82, 2.24) is 9.80 Å². The molecule has 0 spiro atoms. The molecule has 2 atom stereocenters. The lowest BCUT2D eigenvalue weighted by Crippen LogP contribution is -2.46. The second-order valence-corrected chi connectivity index (χ2v) is 7.33. The van der Waals surface area contributed by atoms with E-state index in [1.165, 1.54) is 5.56 Å². The van der Waals surface area contributed by atoms with Crippen molar-refractivity contribution in [3.63, 3.8) is 0 Å². The van der Waals surface area contributed by atoms with Crippen molar-refractivity contribution in [2.45, 2.75) is 38.6 Å². The molecule has 27 heavy (non-hydrogen) atoms. The molecule has 1 amide bonds. The van der Waals surface area contributed by atoms with E-state index in [1.807, 2.05) is 24.0 Å². The maximum Gasteiger partial charge on any atom is 0.310 e. The number of amides is 1. The third kappa shape index (κ3) is 4.80. The van der Waals surface area contributed by atoms with E-state index in [9.17, 15) is 9.59 Å². The zero-order valence-corrected chi connectivity index (χ0v) is 16.4. The molecule has 2 unspecified atom stereocenters. The number of methoxy groups -OCH3 is 1. The van der Waals surface area contributed by atoms with E-state index >= 15 is 0 Å². The molecule has 0 aliphatic carbocycles. The smallest absolute Gasteiger partial charge is 0.310 e. The van der Waals surface area contributed by atoms with Crippen LogP contribution in [0.4, 0.5) is 0 Å². The monoisotopic (exact) mass is 374 g/mol. The zero-order chi connectivity index (χ0) is 19.2. The first-order valence-corrected chi connectivity index (χ1v) is 9.94. The summed E-state index contributed by atoms with van der Waals surface area (Å²) in [6, 6.07) is 8.39. The number of ether oxygens (including phenoxy) is 2. The van der Waals surface area contributed by atoms with Crippen molar-refractivity contribution >= 4 is 11.9 Å². The van der Waals surface area contributed by atoms with Gasteiger partial charge in [0.05, 0.1) is 26.2 Å². The fourth-order valence-electron chi connectivity index (χ4n) is 4.15. The van der Waals surface area contributed by atoms with Crippen LogP contribution in [0.25, 0.3) is 0 Å². The Morgan fingerprint density at radius 1 is 1.11 bits per heavy atom. The van der Waals surface area contributed by atoms with Crippen LogP contribution in [-0.2, 0) is 14.3 Å². The number of esters is 1. The van der Waals surface area contributed by atoms with E-state index in [0.29, 0.717) is 19.7 Å². The van der Waals surface area contributed by atoms with Gasteiger partial charge in [-0.1, -0.05) is 12.1 Å². The first kappa shape index (κ1) is 19.7. The molecule has 2 saturated heterocycles. The predicted octanol–water partition coefficient (Wildman–Crippen LogP) is 2.63. The molecule has 2 aliphatic heterocycles. The normalized spacial score (nSPS) is 23.3. The Hall–Kier alpha value is -2.08. The summed E-state index contributed by atoms with van der Waals surface area (Å²) in [5, 5.41) is 0. The van der Waals surface area contributed by atoms with Crippen molar-refractivity contribution in [3.8, 4) is 5.75 Å². The summed E-state index contributed by atoms with van der Waals surface area (Å²) in [5.41, 5.74) is 1.23. The fraction of sp³-hybridized carbons (Fsp3) is 0.619. The van der Waals surface area contributed by atoms with Gasteiger partial charge in [0.25, 0.3) is 0 Å². The number of hydrogen-bond acceptors (Lipinski definition) is 5. The number of piperidine rings is 1. The summed E-state index contributed by atoms with van der Waals surface area (Å²) < 4.78 is 10.4. The number of likely N-dealkylation sites (tertiary alicyclic amines) is 2. The van der Waals surface area contributed by atoms with Crippen molar-refractivity contribution in [1.29, 1.82) is 0 Å². The second kappa shape index (κ2) is 9.22. The SMILES string of the molecule is CCOC(=O)C1CCCN(C(=O)CN2CCCC2c2ccc(OC)cc2)C1. The van der Waals surface area contributed by atoms with E-state index < -0.39 is 0 Å². The summed E-state index contributed by atoms with van der Waals surface area (Å²) in [6.45, 7) is 4.76. The minimum atomic E-state index is -0.182. The van der Waals surface area contributed by atoms with Gasteiger partial charge in [-0.2, -0.15) is 0 Å². The highest BCUT2D eigenvalue weighted by Crippen LogP contribution is 2.32. The van der Waals surface area contributed by atoms with Gasteiger partial charge in [-0.25, -0.2) is 0 Å². The van der Waals surface area contributed by atoms with E-state index in [2.05, 4.69) is 17.0 Å². The fourth-order valence-corrected chi connectivity index (χ4v) is 4.15. The van der Waals surface area contributed by atoms with Gasteiger partial charge in [-0.3, -0.25) is 14.5 Å². The average Bonchev–Trinajstić information content (AvgIpc) is 3.16. The van der Waals surface area contributed by atoms with Crippen LogP contribution >= 0.6 is 0 Å². The highest BCUT2D eigenvalue weighted by Gasteiger charge is 2.32. The highest BCUT2D eigenvalue weighted by atomic mass is 16.5. The third-order valence-electron chi connectivity index (χ3n) is 5.60. The molecule has 1 aromatic rings. The predicted molar refractivity (Wildman–Crippen MR) is 102 cm³/mol. The average molecular weight is 374 g/mol. The van der Waals surface area contributed by atoms with Crippen LogP contribution in [0, 0.1) is 5.92 Å². The molecule has 1 aromatic carbocycles. The van der Waals surface area contributed by atoms with Crippen molar-refractivity contribution < 1.29 is 19.1 Å². The summed E-state index contributed by atoms with van der Waals surface area (Å²) in [4.78, 5) is 29.0. The molecule has 6 heteroatoms. The molecule has 2 fully saturated rings. The van der Waals surface area contributed by atoms with Gasteiger partial charge >= 0.3 is 5.97 Å². The molecular formula is C21H30N2O4. The van der Waals surface area contributed by atoms with Crippen molar-refractivity contribution in [2.24, 2.45) is 5.92 Å². The van der Waals surface area contributed by atoms with Crippen LogP contribution in [0.3, 0.4) is 0 Å². The van der Waals surface area contributed by atoms with E-state index in [4.69, 9.17) is 9.47 Å². The lowest BCUT2D eigenvalue weighted by Gasteiger charge is -2.33. The number of hydrogen-bond donors (Lipinski definition) is 0. The van der Waals surface area contributed by atoms with Gasteiger partial charge in [0.2, 0.25) is 5.91 Å². The van der Waals surface area contributed by atoms with Gasteiger partial charge < -0.3 is 14.4 Å². The minimum absolute atomic E-state index is 0.115. The van der Waals surface area contributed by atoms with Crippen LogP contribution in [-0.4, -0.2) is 61.6 Å². The van der Waals surface area contributed by atoms with Crippen LogP contribution < -0.4 is 4.74 Å². The Balaban J connectivity index is 1.59. The van der Waals surface area contributed by atoms with Gasteiger partial charge in [0, 0.05) is 19.1 Å². The molecule has 2 heterocycles. The minimum Gasteiger partial charge on any atom is -0.497 e. The maximum absolute atomic E-state index is 12.9. The van der Waals surface area contributed by atoms with Crippen LogP contribution in [0.5, 0.6) is 5.75 Å². The maximum atomic E-state index is 12.9. The number of carbonyl (C=O) groups excluding carboxylic acids is 2. The largest absolute Gasteiger partial charge is 0.497 e. The van der Waals surface area contributed by atoms with Gasteiger partial charge in [-0.05, 0) is 56.8 Å². The summed E-state index contributed by atoms with van der Waals surface area (Å²) in [7, 11) is 1.66. The second-order valence-electron chi connectivity index (χ2n) is 7.33. The standard InChI is InChI=1S/C21H30N2O4/c1-3-27-21(25)17-6-4-13-23(14-17)20(24)15-22-12-5-7-19(22)16-8-10-18(26-2)11-9-16/h8-11,17,19H,3-7,12-15H2,1-2H3. The van der Waals surface area contributed by atoms with Crippen LogP contribution in [0.15, 0.2) is 24.3 Å². The summed E-state index contributed by atoms with van der Waals surface area (Å²) >= 11 is 0. The van der Waals surface area contributed by atoms with E-state index in [-0.39, 0.29) is 23.8 Å². The molecule has 6 nitrogen and oxygen atoms in total. The first-order chi connectivity index (χ1) is 13.1. The van der Waals surface area contributed by atoms with Gasteiger partial charge in [0.15, 0.2) is 0 Å². The molecule has 0 aromatic heterocycles. The number of rotatable bonds is 6. The molecule has 0 N–H and O–H groups in total. The Morgan fingerprint density at radius 2 is 1.85 bits per heavy atom. The quantitative estimate of drug-likeness (QED) is 0.717. The Kier molecular flexibility index (Phi) is 6.72. The summed E-state index contributed by atoms with van der Waals surface area (Å²) in [6.07, 6.45) is 3.82.